The van der Waals surface area contributed by atoms with Crippen molar-refractivity contribution in [1.29, 1.82) is 0 Å². The third-order valence-corrected chi connectivity index (χ3v) is 12.2. The van der Waals surface area contributed by atoms with E-state index in [2.05, 4.69) is 41.5 Å². The second-order valence-electron chi connectivity index (χ2n) is 22.5. The Morgan fingerprint density at radius 3 is 0.870 bits per heavy atom. The lowest BCUT2D eigenvalue weighted by atomic mass is 9.70. The normalized spacial score (nSPS) is 11.2. The molecule has 0 atom stereocenters. The molecule has 6 rings (SSSR count). The maximum Gasteiger partial charge on any atom is 0.119 e. The van der Waals surface area contributed by atoms with Crippen LogP contribution in [-0.2, 0) is 27.1 Å². The second kappa shape index (κ2) is 30.5. The van der Waals surface area contributed by atoms with Gasteiger partial charge in [0.25, 0.3) is 0 Å². The van der Waals surface area contributed by atoms with Crippen molar-refractivity contribution in [2.75, 3.05) is 33.5 Å². The van der Waals surface area contributed by atoms with Crippen LogP contribution >= 0.6 is 0 Å². The Labute approximate surface area is 458 Å². The molecule has 6 aromatic rings. The van der Waals surface area contributed by atoms with Crippen LogP contribution in [0.15, 0.2) is 115 Å². The van der Waals surface area contributed by atoms with Gasteiger partial charge in [-0.2, -0.15) is 0 Å². The highest BCUT2D eigenvalue weighted by Gasteiger charge is 2.34. The summed E-state index contributed by atoms with van der Waals surface area (Å²) in [5.74, 6) is 4.26. The maximum atomic E-state index is 10.2. The summed E-state index contributed by atoms with van der Waals surface area (Å²) in [7, 11) is 1.59. The van der Waals surface area contributed by atoms with Gasteiger partial charge in [-0.1, -0.05) is 104 Å². The zero-order valence-corrected chi connectivity index (χ0v) is 48.4. The number of hydrogen-bond acceptors (Lipinski definition) is 14. The van der Waals surface area contributed by atoms with E-state index in [1.807, 2.05) is 62.3 Å². The Morgan fingerprint density at radius 1 is 0.338 bits per heavy atom. The fraction of sp³-hybridized carbons (Fsp3) is 0.429. The summed E-state index contributed by atoms with van der Waals surface area (Å²) < 4.78 is 15.2. The minimum atomic E-state index is -0.189. The third kappa shape index (κ3) is 22.9. The summed E-state index contributed by atoms with van der Waals surface area (Å²) in [5, 5.41) is 102. The first kappa shape index (κ1) is 67.9. The van der Waals surface area contributed by atoms with Gasteiger partial charge >= 0.3 is 0 Å². The predicted octanol–water partition coefficient (Wildman–Crippen LogP) is 13.5. The summed E-state index contributed by atoms with van der Waals surface area (Å²) in [6, 6.07) is 30.2. The average Bonchev–Trinajstić information content (AvgIpc) is 3.36. The molecule has 14 nitrogen and oxygen atoms in total. The summed E-state index contributed by atoms with van der Waals surface area (Å²) in [5.41, 5.74) is 3.39. The van der Waals surface area contributed by atoms with E-state index in [0.717, 1.165) is 46.4 Å². The molecule has 0 radical (unpaired) electrons. The van der Waals surface area contributed by atoms with Crippen molar-refractivity contribution in [2.24, 2.45) is 0 Å². The van der Waals surface area contributed by atoms with E-state index in [9.17, 15) is 30.6 Å². The van der Waals surface area contributed by atoms with E-state index >= 15 is 0 Å². The third-order valence-electron chi connectivity index (χ3n) is 12.2. The zero-order valence-electron chi connectivity index (χ0n) is 48.4. The van der Waals surface area contributed by atoms with Gasteiger partial charge in [-0.3, -0.25) is 0 Å². The number of hydrogen-bond donors (Lipinski definition) is 11. The molecule has 0 amide bonds. The lowest BCUT2D eigenvalue weighted by Gasteiger charge is -2.34. The van der Waals surface area contributed by atoms with E-state index in [1.54, 1.807) is 86.0 Å². The first-order valence-electron chi connectivity index (χ1n) is 25.6. The molecular weight excluding hydrogens is 981 g/mol. The molecule has 0 bridgehead atoms. The van der Waals surface area contributed by atoms with Crippen molar-refractivity contribution in [1.82, 2.24) is 0 Å². The minimum Gasteiger partial charge on any atom is -0.508 e. The Hall–Kier alpha value is -7.16. The number of phenolic OH excluding ortho intramolecular Hbond substituents is 9. The van der Waals surface area contributed by atoms with Crippen molar-refractivity contribution in [3.05, 3.63) is 143 Å². The smallest absolute Gasteiger partial charge is 0.119 e. The van der Waals surface area contributed by atoms with Crippen LogP contribution in [0.4, 0.5) is 0 Å². The molecule has 426 valence electrons. The zero-order chi connectivity index (χ0) is 59.1. The van der Waals surface area contributed by atoms with Gasteiger partial charge in [0.05, 0.1) is 20.3 Å². The molecule has 77 heavy (non-hydrogen) atoms. The Morgan fingerprint density at radius 2 is 0.610 bits per heavy atom. The standard InChI is InChI=1S/C16H26O2.C14H22O2.C10H14O4.C10H14O2.C7H8O2.C6H6O2/c1-7-15(3,4)13-11(17)9-10-12(18)14(13)16(5,6)8-2;1-13(2,3)11-9(15)7-8-10(16)12(11)14(4,5)6;11-5-7-13-9-1-2-10(4-3-9)14-8-6-12;1-10(2,3)8-6-7(11)4-5-9(8)12;1-9-7-4-2-6(8)3-5-7;7-5-1-2-6(8)4-3-5/h9-10,17-18H,7-8H2,1-6H3;7-8,15-16H,1-6H3;1-4,11-12H,5-8H2;4-6,11-12H,1-3H3;2-5,8H,1H3;1-4,7-8H. The molecule has 0 saturated heterocycles. The Bertz CT molecular complexity index is 2510. The van der Waals surface area contributed by atoms with Crippen LogP contribution in [0.2, 0.25) is 0 Å². The van der Waals surface area contributed by atoms with Crippen molar-refractivity contribution < 1.29 is 70.4 Å². The van der Waals surface area contributed by atoms with Crippen LogP contribution < -0.4 is 14.2 Å². The van der Waals surface area contributed by atoms with E-state index in [0.29, 0.717) is 11.5 Å². The number of aliphatic hydroxyl groups excluding tert-OH is 2. The monoisotopic (exact) mass is 1070 g/mol. The van der Waals surface area contributed by atoms with Crippen LogP contribution in [0, 0.1) is 0 Å². The van der Waals surface area contributed by atoms with E-state index in [4.69, 9.17) is 39.7 Å². The lowest BCUT2D eigenvalue weighted by Crippen LogP contribution is -2.25. The number of ether oxygens (including phenoxy) is 3. The molecule has 14 heteroatoms. The van der Waals surface area contributed by atoms with Crippen LogP contribution in [0.3, 0.4) is 0 Å². The van der Waals surface area contributed by atoms with Gasteiger partial charge < -0.3 is 70.4 Å². The number of aliphatic hydroxyl groups is 2. The number of phenols is 9. The molecule has 0 fully saturated rings. The highest BCUT2D eigenvalue weighted by molar-refractivity contribution is 5.55. The second-order valence-corrected chi connectivity index (χ2v) is 22.5. The predicted molar refractivity (Wildman–Crippen MR) is 308 cm³/mol. The number of benzene rings is 6. The summed E-state index contributed by atoms with van der Waals surface area (Å²) in [6.07, 6.45) is 1.83. The van der Waals surface area contributed by atoms with Crippen LogP contribution in [0.1, 0.15) is 145 Å². The van der Waals surface area contributed by atoms with Crippen LogP contribution in [0.5, 0.6) is 69.0 Å². The number of rotatable bonds is 11. The van der Waals surface area contributed by atoms with Crippen LogP contribution in [0.25, 0.3) is 0 Å². The molecular formula is C63H90O14. The molecule has 0 unspecified atom stereocenters. The van der Waals surface area contributed by atoms with Gasteiger partial charge in [-0.15, -0.1) is 0 Å². The topological polar surface area (TPSA) is 250 Å². The highest BCUT2D eigenvalue weighted by Crippen LogP contribution is 2.47. The maximum absolute atomic E-state index is 10.2. The van der Waals surface area contributed by atoms with E-state index < -0.39 is 0 Å². The Balaban J connectivity index is 0.000000471. The van der Waals surface area contributed by atoms with Gasteiger partial charge in [0, 0.05) is 27.8 Å². The van der Waals surface area contributed by atoms with Gasteiger partial charge in [0.2, 0.25) is 0 Å². The fourth-order valence-corrected chi connectivity index (χ4v) is 7.52. The summed E-state index contributed by atoms with van der Waals surface area (Å²) in [4.78, 5) is 0. The highest BCUT2D eigenvalue weighted by atomic mass is 16.5. The molecule has 0 heterocycles. The first-order chi connectivity index (χ1) is 35.6. The van der Waals surface area contributed by atoms with Gasteiger partial charge in [0.15, 0.2) is 0 Å². The molecule has 11 N–H and O–H groups in total. The molecule has 0 aliphatic carbocycles. The molecule has 6 aromatic carbocycles. The number of aromatic hydroxyl groups is 9. The van der Waals surface area contributed by atoms with E-state index in [1.165, 1.54) is 36.4 Å². The van der Waals surface area contributed by atoms with Crippen LogP contribution in [-0.4, -0.2) is 89.7 Å². The molecule has 0 aromatic heterocycles. The summed E-state index contributed by atoms with van der Waals surface area (Å²) in [6.45, 7) is 31.4. The average molecular weight is 1070 g/mol. The fourth-order valence-electron chi connectivity index (χ4n) is 7.52. The molecule has 0 spiro atoms. The van der Waals surface area contributed by atoms with Gasteiger partial charge in [-0.05, 0) is 155 Å². The minimum absolute atomic E-state index is 0.00274. The van der Waals surface area contributed by atoms with Crippen molar-refractivity contribution >= 4 is 0 Å². The first-order valence-corrected chi connectivity index (χ1v) is 25.6. The van der Waals surface area contributed by atoms with Crippen molar-refractivity contribution in [2.45, 2.75) is 144 Å². The largest absolute Gasteiger partial charge is 0.508 e. The quantitative estimate of drug-likeness (QED) is 0.0540. The van der Waals surface area contributed by atoms with E-state index in [-0.39, 0.29) is 105 Å². The van der Waals surface area contributed by atoms with Crippen molar-refractivity contribution in [3.63, 3.8) is 0 Å². The summed E-state index contributed by atoms with van der Waals surface area (Å²) >= 11 is 0. The van der Waals surface area contributed by atoms with Gasteiger partial charge in [-0.25, -0.2) is 0 Å². The molecule has 0 saturated carbocycles. The Kier molecular flexibility index (Phi) is 26.9. The molecule has 0 aliphatic rings. The lowest BCUT2D eigenvalue weighted by molar-refractivity contribution is 0.198. The van der Waals surface area contributed by atoms with Crippen molar-refractivity contribution in [3.8, 4) is 69.0 Å². The molecule has 0 aliphatic heterocycles. The van der Waals surface area contributed by atoms with Gasteiger partial charge in [0.1, 0.15) is 82.2 Å². The SMILES string of the molecule is CC(C)(C)c1c(O)ccc(O)c1C(C)(C)C.CC(C)(C)c1cc(O)ccc1O.CCC(C)(C)c1c(O)ccc(O)c1C(C)(C)CC.COc1ccc(O)cc1.OCCOc1ccc(OCCO)cc1.Oc1ccc(O)cc1. The number of methoxy groups -OCH3 is 1.